The Kier molecular flexibility index (Phi) is 8.96. The van der Waals surface area contributed by atoms with E-state index in [9.17, 15) is 14.3 Å². The molecule has 3 rings (SSSR count). The van der Waals surface area contributed by atoms with Crippen LogP contribution < -0.4 is 9.47 Å². The first-order valence-electron chi connectivity index (χ1n) is 11.0. The van der Waals surface area contributed by atoms with Gasteiger partial charge in [0.2, 0.25) is 0 Å². The molecule has 0 amide bonds. The summed E-state index contributed by atoms with van der Waals surface area (Å²) < 4.78 is 26.1. The van der Waals surface area contributed by atoms with Gasteiger partial charge in [-0.2, -0.15) is 0 Å². The number of carboxylic acids is 1. The van der Waals surface area contributed by atoms with Gasteiger partial charge < -0.3 is 24.3 Å². The quantitative estimate of drug-likeness (QED) is 0.361. The molecule has 0 saturated heterocycles. The average Bonchev–Trinajstić information content (AvgIpc) is 3.24. The van der Waals surface area contributed by atoms with Crippen LogP contribution >= 0.6 is 11.6 Å². The highest BCUT2D eigenvalue weighted by molar-refractivity contribution is 6.33. The minimum atomic E-state index is -0.898. The molecule has 0 aliphatic heterocycles. The Hall–Kier alpha value is -3.03. The van der Waals surface area contributed by atoms with Crippen LogP contribution in [0.2, 0.25) is 5.02 Å². The van der Waals surface area contributed by atoms with E-state index in [4.69, 9.17) is 26.2 Å². The predicted molar refractivity (Wildman–Crippen MR) is 128 cm³/mol. The Labute approximate surface area is 203 Å². The van der Waals surface area contributed by atoms with E-state index in [0.717, 1.165) is 12.0 Å². The number of aromatic nitrogens is 1. The highest BCUT2D eigenvalue weighted by Crippen LogP contribution is 2.39. The number of ether oxygens (including phenoxy) is 2. The van der Waals surface area contributed by atoms with Crippen LogP contribution in [0.4, 0.5) is 4.39 Å². The number of aliphatic hydroxyl groups excluding tert-OH is 1. The first-order valence-corrected chi connectivity index (χ1v) is 11.4. The van der Waals surface area contributed by atoms with Crippen LogP contribution in [-0.4, -0.2) is 35.0 Å². The molecule has 0 aliphatic carbocycles. The zero-order valence-electron chi connectivity index (χ0n) is 19.2. The lowest BCUT2D eigenvalue weighted by Gasteiger charge is -2.25. The van der Waals surface area contributed by atoms with E-state index in [1.165, 1.54) is 26.4 Å². The number of carboxylic acid groups (broad SMARTS) is 1. The topological polar surface area (TPSA) is 80.9 Å². The number of aryl methyl sites for hydroxylation is 1. The smallest absolute Gasteiger partial charge is 0.307 e. The van der Waals surface area contributed by atoms with Crippen LogP contribution in [-0.2, 0) is 24.2 Å². The van der Waals surface area contributed by atoms with E-state index in [0.29, 0.717) is 47.0 Å². The summed E-state index contributed by atoms with van der Waals surface area (Å²) in [6.07, 6.45) is 4.72. The van der Waals surface area contributed by atoms with Crippen LogP contribution in [0.1, 0.15) is 35.6 Å². The van der Waals surface area contributed by atoms with E-state index < -0.39 is 12.1 Å². The van der Waals surface area contributed by atoms with Crippen LogP contribution in [0, 0.1) is 11.7 Å². The number of rotatable bonds is 12. The maximum absolute atomic E-state index is 13.5. The molecule has 2 aromatic carbocycles. The molecule has 182 valence electrons. The molecule has 1 heterocycles. The van der Waals surface area contributed by atoms with Gasteiger partial charge >= 0.3 is 5.97 Å². The van der Waals surface area contributed by atoms with Gasteiger partial charge in [-0.3, -0.25) is 4.79 Å². The minimum Gasteiger partial charge on any atom is -0.495 e. The van der Waals surface area contributed by atoms with Gasteiger partial charge in [0.15, 0.2) is 0 Å². The van der Waals surface area contributed by atoms with Gasteiger partial charge in [-0.1, -0.05) is 23.7 Å². The molecule has 0 radical (unpaired) electrons. The summed E-state index contributed by atoms with van der Waals surface area (Å²) in [6, 6.07) is 11.7. The molecule has 2 atom stereocenters. The van der Waals surface area contributed by atoms with Crippen molar-refractivity contribution in [3.8, 4) is 11.5 Å². The molecule has 8 heteroatoms. The van der Waals surface area contributed by atoms with Crippen molar-refractivity contribution in [1.82, 2.24) is 4.57 Å². The summed E-state index contributed by atoms with van der Waals surface area (Å²) in [5, 5.41) is 20.7. The van der Waals surface area contributed by atoms with Crippen LogP contribution in [0.25, 0.3) is 0 Å². The molecule has 0 fully saturated rings. The number of methoxy groups -OCH3 is 2. The minimum absolute atomic E-state index is 0.0641. The van der Waals surface area contributed by atoms with Gasteiger partial charge in [0.05, 0.1) is 26.7 Å². The monoisotopic (exact) mass is 489 g/mol. The van der Waals surface area contributed by atoms with Gasteiger partial charge in [-0.25, -0.2) is 4.39 Å². The number of benzene rings is 2. The zero-order chi connectivity index (χ0) is 24.7. The van der Waals surface area contributed by atoms with Gasteiger partial charge in [0.25, 0.3) is 0 Å². The van der Waals surface area contributed by atoms with E-state index in [-0.39, 0.29) is 18.2 Å². The summed E-state index contributed by atoms with van der Waals surface area (Å²) in [5.74, 6) is -0.580. The standard InChI is InChI=1S/C26H29ClFNO5/c1-33-22-13-20(14-23(34-2)25(22)27)26(32)19(7-3-5-17-6-4-8-21(28)11-17)16-29-10-9-18(15-29)12-24(30)31/h4,6,8-11,13-15,19,26,32H,3,5,7,12,16H2,1-2H3,(H,30,31)/t19-,26-/m0/s1. The van der Waals surface area contributed by atoms with Crippen molar-refractivity contribution < 1.29 is 28.9 Å². The van der Waals surface area contributed by atoms with Crippen LogP contribution in [0.15, 0.2) is 54.9 Å². The fourth-order valence-electron chi connectivity index (χ4n) is 4.10. The number of halogens is 2. The first-order chi connectivity index (χ1) is 16.3. The number of hydrogen-bond donors (Lipinski definition) is 2. The largest absolute Gasteiger partial charge is 0.495 e. The van der Waals surface area contributed by atoms with Crippen molar-refractivity contribution in [2.24, 2.45) is 5.92 Å². The molecular formula is C26H29ClFNO5. The van der Waals surface area contributed by atoms with E-state index in [1.807, 2.05) is 16.8 Å². The molecule has 0 saturated carbocycles. The van der Waals surface area contributed by atoms with Gasteiger partial charge in [0, 0.05) is 24.9 Å². The maximum Gasteiger partial charge on any atom is 0.307 e. The van der Waals surface area contributed by atoms with Crippen molar-refractivity contribution in [3.63, 3.8) is 0 Å². The zero-order valence-corrected chi connectivity index (χ0v) is 20.0. The first kappa shape index (κ1) is 25.6. The summed E-state index contributed by atoms with van der Waals surface area (Å²) in [6.45, 7) is 0.469. The fourth-order valence-corrected chi connectivity index (χ4v) is 4.36. The Morgan fingerprint density at radius 3 is 2.44 bits per heavy atom. The van der Waals surface area contributed by atoms with E-state index in [1.54, 1.807) is 30.5 Å². The molecule has 0 spiro atoms. The van der Waals surface area contributed by atoms with Gasteiger partial charge in [-0.15, -0.1) is 0 Å². The van der Waals surface area contributed by atoms with Crippen LogP contribution in [0.5, 0.6) is 11.5 Å². The molecule has 2 N–H and O–H groups in total. The third-order valence-electron chi connectivity index (χ3n) is 5.80. The molecule has 0 unspecified atom stereocenters. The average molecular weight is 490 g/mol. The molecule has 3 aromatic rings. The van der Waals surface area contributed by atoms with Crippen molar-refractivity contribution in [3.05, 3.63) is 82.4 Å². The predicted octanol–water partition coefficient (Wildman–Crippen LogP) is 5.30. The summed E-state index contributed by atoms with van der Waals surface area (Å²) in [7, 11) is 2.99. The van der Waals surface area contributed by atoms with Gasteiger partial charge in [-0.05, 0) is 66.3 Å². The highest BCUT2D eigenvalue weighted by atomic mass is 35.5. The molecular weight excluding hydrogens is 461 g/mol. The second-order valence-electron chi connectivity index (χ2n) is 8.25. The molecule has 34 heavy (non-hydrogen) atoms. The maximum atomic E-state index is 13.5. The van der Waals surface area contributed by atoms with Crippen LogP contribution in [0.3, 0.4) is 0 Å². The second kappa shape index (κ2) is 11.9. The SMILES string of the molecule is COc1cc([C@@H](O)[C@@H](CCCc2cccc(F)c2)Cn2ccc(CC(=O)O)c2)cc(OC)c1Cl. The third-order valence-corrected chi connectivity index (χ3v) is 6.17. The number of carbonyl (C=O) groups is 1. The Balaban J connectivity index is 1.82. The fraction of sp³-hybridized carbons (Fsp3) is 0.346. The Morgan fingerprint density at radius 1 is 1.12 bits per heavy atom. The Morgan fingerprint density at radius 2 is 1.82 bits per heavy atom. The molecule has 6 nitrogen and oxygen atoms in total. The lowest BCUT2D eigenvalue weighted by molar-refractivity contribution is -0.136. The number of hydrogen-bond acceptors (Lipinski definition) is 4. The number of nitrogens with zero attached hydrogens (tertiary/aromatic N) is 1. The highest BCUT2D eigenvalue weighted by Gasteiger charge is 2.24. The van der Waals surface area contributed by atoms with Crippen molar-refractivity contribution in [2.45, 2.75) is 38.3 Å². The van der Waals surface area contributed by atoms with Crippen molar-refractivity contribution in [2.75, 3.05) is 14.2 Å². The van der Waals surface area contributed by atoms with Crippen molar-refractivity contribution in [1.29, 1.82) is 0 Å². The summed E-state index contributed by atoms with van der Waals surface area (Å²) in [5.41, 5.74) is 2.19. The molecule has 1 aromatic heterocycles. The Bertz CT molecular complexity index is 1090. The number of aliphatic hydroxyl groups is 1. The van der Waals surface area contributed by atoms with E-state index in [2.05, 4.69) is 0 Å². The van der Waals surface area contributed by atoms with Crippen molar-refractivity contribution >= 4 is 17.6 Å². The van der Waals surface area contributed by atoms with E-state index >= 15 is 0 Å². The summed E-state index contributed by atoms with van der Waals surface area (Å²) in [4.78, 5) is 11.0. The summed E-state index contributed by atoms with van der Waals surface area (Å²) >= 11 is 6.29. The normalized spacial score (nSPS) is 12.9. The third kappa shape index (κ3) is 6.74. The lowest BCUT2D eigenvalue weighted by atomic mass is 9.89. The molecule has 0 aliphatic rings. The number of aliphatic carboxylic acids is 1. The van der Waals surface area contributed by atoms with Gasteiger partial charge in [0.1, 0.15) is 22.3 Å². The lowest BCUT2D eigenvalue weighted by Crippen LogP contribution is -2.19. The second-order valence-corrected chi connectivity index (χ2v) is 8.63. The molecule has 0 bridgehead atoms.